The van der Waals surface area contributed by atoms with Crippen molar-refractivity contribution in [2.24, 2.45) is 4.99 Å². The molecule has 0 amide bonds. The van der Waals surface area contributed by atoms with Gasteiger partial charge in [-0.3, -0.25) is 4.99 Å². The van der Waals surface area contributed by atoms with Crippen molar-refractivity contribution in [1.29, 1.82) is 0 Å². The molecule has 2 heteroatoms. The normalized spacial score (nSPS) is 18.6. The van der Waals surface area contributed by atoms with Crippen LogP contribution in [0.4, 0.5) is 0 Å². The highest BCUT2D eigenvalue weighted by Gasteiger charge is 2.22. The van der Waals surface area contributed by atoms with E-state index < -0.39 is 6.10 Å². The molecule has 0 unspecified atom stereocenters. The lowest BCUT2D eigenvalue weighted by Gasteiger charge is -2.20. The summed E-state index contributed by atoms with van der Waals surface area (Å²) in [5.74, 6) is 1.04. The largest absolute Gasteiger partial charge is 0.386 e. The minimum atomic E-state index is -0.671. The lowest BCUT2D eigenvalue weighted by molar-refractivity contribution is 0.148. The van der Waals surface area contributed by atoms with Crippen molar-refractivity contribution in [1.82, 2.24) is 0 Å². The number of nitrogens with zero attached hydrogens (tertiary/aromatic N) is 1. The van der Waals surface area contributed by atoms with E-state index in [2.05, 4.69) is 4.99 Å². The van der Waals surface area contributed by atoms with Crippen molar-refractivity contribution < 1.29 is 5.11 Å². The van der Waals surface area contributed by atoms with Crippen LogP contribution < -0.4 is 0 Å². The molecule has 0 bridgehead atoms. The third kappa shape index (κ3) is 3.63. The minimum absolute atomic E-state index is 0.321. The molecular formula is C20H18NO. The van der Waals surface area contributed by atoms with Gasteiger partial charge in [-0.25, -0.2) is 0 Å². The van der Waals surface area contributed by atoms with E-state index in [1.54, 1.807) is 0 Å². The van der Waals surface area contributed by atoms with E-state index in [4.69, 9.17) is 0 Å². The fourth-order valence-corrected chi connectivity index (χ4v) is 2.47. The zero-order valence-electron chi connectivity index (χ0n) is 12.2. The third-order valence-electron chi connectivity index (χ3n) is 3.65. The van der Waals surface area contributed by atoms with Crippen molar-refractivity contribution in [3.63, 3.8) is 0 Å². The second-order valence-corrected chi connectivity index (χ2v) is 5.21. The molecule has 0 spiro atoms. The molecule has 2 aromatic rings. The molecule has 1 saturated carbocycles. The average molecular weight is 288 g/mol. The highest BCUT2D eigenvalue weighted by molar-refractivity contribution is 5.83. The van der Waals surface area contributed by atoms with Crippen LogP contribution >= 0.6 is 0 Å². The Hall–Kier alpha value is -1.93. The summed E-state index contributed by atoms with van der Waals surface area (Å²) < 4.78 is 0. The predicted octanol–water partition coefficient (Wildman–Crippen LogP) is 3.94. The lowest BCUT2D eigenvalue weighted by Crippen LogP contribution is -2.10. The summed E-state index contributed by atoms with van der Waals surface area (Å²) in [6.45, 7) is 0. The highest BCUT2D eigenvalue weighted by atomic mass is 16.3. The Balaban J connectivity index is 1.85. The van der Waals surface area contributed by atoms with Crippen LogP contribution in [0.15, 0.2) is 65.7 Å². The van der Waals surface area contributed by atoms with E-state index in [-0.39, 0.29) is 6.04 Å². The third-order valence-corrected chi connectivity index (χ3v) is 3.65. The molecule has 1 aliphatic rings. The summed E-state index contributed by atoms with van der Waals surface area (Å²) in [5.41, 5.74) is 1.87. The number of hydrogen-bond acceptors (Lipinski definition) is 2. The molecule has 109 valence electrons. The Kier molecular flexibility index (Phi) is 5.02. The van der Waals surface area contributed by atoms with Crippen LogP contribution in [0, 0.1) is 31.6 Å². The quantitative estimate of drug-likeness (QED) is 0.831. The fraction of sp³-hybridized carbons (Fsp3) is 0.100. The molecule has 1 aliphatic carbocycles. The van der Waals surface area contributed by atoms with E-state index >= 15 is 0 Å². The van der Waals surface area contributed by atoms with Gasteiger partial charge in [-0.2, -0.15) is 0 Å². The number of aliphatic hydroxyl groups excluding tert-OH is 1. The summed E-state index contributed by atoms with van der Waals surface area (Å²) in [5, 5.41) is 10.7. The van der Waals surface area contributed by atoms with Gasteiger partial charge in [-0.05, 0) is 36.8 Å². The van der Waals surface area contributed by atoms with Gasteiger partial charge in [-0.1, -0.05) is 60.7 Å². The molecule has 0 aromatic heterocycles. The van der Waals surface area contributed by atoms with Crippen LogP contribution in [-0.2, 0) is 0 Å². The van der Waals surface area contributed by atoms with E-state index in [9.17, 15) is 5.11 Å². The van der Waals surface area contributed by atoms with E-state index in [1.165, 1.54) is 0 Å². The van der Waals surface area contributed by atoms with Crippen molar-refractivity contribution in [3.8, 4) is 0 Å². The molecule has 1 fully saturated rings. The van der Waals surface area contributed by atoms with Gasteiger partial charge in [0.1, 0.15) is 12.1 Å². The zero-order chi connectivity index (χ0) is 15.2. The second kappa shape index (κ2) is 7.37. The van der Waals surface area contributed by atoms with E-state index in [0.29, 0.717) is 0 Å². The first-order chi connectivity index (χ1) is 10.8. The van der Waals surface area contributed by atoms with E-state index in [0.717, 1.165) is 17.0 Å². The van der Waals surface area contributed by atoms with Crippen LogP contribution in [0.1, 0.15) is 23.3 Å². The van der Waals surface area contributed by atoms with Gasteiger partial charge in [-0.15, -0.1) is 0 Å². The second-order valence-electron chi connectivity index (χ2n) is 5.21. The molecule has 2 atom stereocenters. The minimum Gasteiger partial charge on any atom is -0.386 e. The molecule has 2 aromatic carbocycles. The monoisotopic (exact) mass is 288 g/mol. The molecule has 3 rings (SSSR count). The van der Waals surface area contributed by atoms with E-state index in [1.807, 2.05) is 92.6 Å². The maximum absolute atomic E-state index is 10.7. The smallest absolute Gasteiger partial charge is 0.105 e. The number of hydrogen-bond donors (Lipinski definition) is 1. The van der Waals surface area contributed by atoms with Crippen molar-refractivity contribution >= 4 is 6.21 Å². The number of aliphatic imine (C=N–C) groups is 1. The molecular weight excluding hydrogens is 270 g/mol. The van der Waals surface area contributed by atoms with Crippen molar-refractivity contribution in [3.05, 3.63) is 103 Å². The highest BCUT2D eigenvalue weighted by Crippen LogP contribution is 2.32. The van der Waals surface area contributed by atoms with Crippen LogP contribution in [0.3, 0.4) is 0 Å². The molecule has 1 N–H and O–H groups in total. The number of aliphatic hydroxyl groups is 1. The van der Waals surface area contributed by atoms with Gasteiger partial charge in [0.2, 0.25) is 0 Å². The summed E-state index contributed by atoms with van der Waals surface area (Å²) in [4.78, 5) is 4.64. The topological polar surface area (TPSA) is 32.6 Å². The molecule has 5 radical (unpaired) electrons. The van der Waals surface area contributed by atoms with Gasteiger partial charge < -0.3 is 5.11 Å². The SMILES string of the molecule is O[C@@H](c1ccccc1)[C@H](N=C[C]1[CH][CH][CH][CH]1)c1ccccc1. The van der Waals surface area contributed by atoms with Crippen LogP contribution in [0.25, 0.3) is 0 Å². The average Bonchev–Trinajstić information content (AvgIpc) is 3.10. The molecule has 22 heavy (non-hydrogen) atoms. The van der Waals surface area contributed by atoms with Crippen molar-refractivity contribution in [2.45, 2.75) is 12.1 Å². The zero-order valence-corrected chi connectivity index (χ0v) is 12.2. The van der Waals surface area contributed by atoms with Crippen LogP contribution in [0.5, 0.6) is 0 Å². The van der Waals surface area contributed by atoms with Crippen molar-refractivity contribution in [2.75, 3.05) is 0 Å². The Morgan fingerprint density at radius 3 is 1.91 bits per heavy atom. The standard InChI is InChI=1S/C20H18NO/c22-20(18-13-5-2-6-14-18)19(17-11-3-1-4-12-17)21-15-16-9-7-8-10-16/h1-15,19-20,22H/t19-,20+/m1/s1. The fourth-order valence-electron chi connectivity index (χ4n) is 2.47. The van der Waals surface area contributed by atoms with Crippen LogP contribution in [-0.4, -0.2) is 11.3 Å². The molecule has 0 heterocycles. The van der Waals surface area contributed by atoms with Crippen LogP contribution in [0.2, 0.25) is 0 Å². The summed E-state index contributed by atoms with van der Waals surface area (Å²) >= 11 is 0. The Bertz CT molecular complexity index is 588. The van der Waals surface area contributed by atoms with Gasteiger partial charge in [0, 0.05) is 12.1 Å². The lowest BCUT2D eigenvalue weighted by atomic mass is 9.96. The first kappa shape index (κ1) is 15.0. The molecule has 0 saturated heterocycles. The Labute approximate surface area is 132 Å². The maximum Gasteiger partial charge on any atom is 0.105 e. The number of benzene rings is 2. The molecule has 2 nitrogen and oxygen atoms in total. The number of rotatable bonds is 5. The van der Waals surface area contributed by atoms with Gasteiger partial charge >= 0.3 is 0 Å². The van der Waals surface area contributed by atoms with Gasteiger partial charge in [0.05, 0.1) is 0 Å². The summed E-state index contributed by atoms with van der Waals surface area (Å²) in [7, 11) is 0. The van der Waals surface area contributed by atoms with Gasteiger partial charge in [0.25, 0.3) is 0 Å². The Morgan fingerprint density at radius 2 is 1.32 bits per heavy atom. The maximum atomic E-state index is 10.7. The first-order valence-corrected chi connectivity index (χ1v) is 7.37. The molecule has 0 aliphatic heterocycles. The summed E-state index contributed by atoms with van der Waals surface area (Å²) in [6, 6.07) is 19.3. The summed E-state index contributed by atoms with van der Waals surface area (Å²) in [6.07, 6.45) is 9.11. The Morgan fingerprint density at radius 1 is 0.773 bits per heavy atom. The first-order valence-electron chi connectivity index (χ1n) is 7.37. The predicted molar refractivity (Wildman–Crippen MR) is 89.5 cm³/mol. The van der Waals surface area contributed by atoms with Gasteiger partial charge in [0.15, 0.2) is 0 Å².